The van der Waals surface area contributed by atoms with Gasteiger partial charge < -0.3 is 4.74 Å². The molecule has 0 amide bonds. The first-order valence-electron chi connectivity index (χ1n) is 7.10. The van der Waals surface area contributed by atoms with Gasteiger partial charge in [0.2, 0.25) is 10.0 Å². The molecule has 6 heteroatoms. The first-order valence-corrected chi connectivity index (χ1v) is 8.99. The van der Waals surface area contributed by atoms with Crippen molar-refractivity contribution in [2.75, 3.05) is 11.0 Å². The number of ether oxygens (including phenoxy) is 1. The van der Waals surface area contributed by atoms with Crippen LogP contribution in [0.4, 0.5) is 5.69 Å². The number of sulfonamides is 1. The average molecular weight is 333 g/mol. The Morgan fingerprint density at radius 2 is 1.74 bits per heavy atom. The molecule has 0 spiro atoms. The van der Waals surface area contributed by atoms with Crippen molar-refractivity contribution in [2.24, 2.45) is 0 Å². The molecule has 0 saturated carbocycles. The molecule has 2 aromatic carbocycles. The SMILES string of the molecule is Cc1ccccc1CC(=O)OCc1ccc(NS(C)(=O)=O)cc1. The average Bonchev–Trinajstić information content (AvgIpc) is 2.47. The highest BCUT2D eigenvalue weighted by molar-refractivity contribution is 7.92. The predicted molar refractivity (Wildman–Crippen MR) is 89.6 cm³/mol. The summed E-state index contributed by atoms with van der Waals surface area (Å²) >= 11 is 0. The minimum Gasteiger partial charge on any atom is -0.461 e. The van der Waals surface area contributed by atoms with Crippen molar-refractivity contribution < 1.29 is 17.9 Å². The molecule has 0 atom stereocenters. The van der Waals surface area contributed by atoms with Gasteiger partial charge in [-0.05, 0) is 35.7 Å². The maximum Gasteiger partial charge on any atom is 0.310 e. The Balaban J connectivity index is 1.88. The molecule has 2 rings (SSSR count). The fourth-order valence-electron chi connectivity index (χ4n) is 2.06. The fraction of sp³-hybridized carbons (Fsp3) is 0.235. The van der Waals surface area contributed by atoms with E-state index in [9.17, 15) is 13.2 Å². The van der Waals surface area contributed by atoms with Crippen molar-refractivity contribution in [2.45, 2.75) is 20.0 Å². The third-order valence-electron chi connectivity index (χ3n) is 3.25. The van der Waals surface area contributed by atoms with Crippen LogP contribution in [0.15, 0.2) is 48.5 Å². The maximum atomic E-state index is 11.9. The molecular weight excluding hydrogens is 314 g/mol. The molecule has 0 saturated heterocycles. The molecule has 0 radical (unpaired) electrons. The van der Waals surface area contributed by atoms with Crippen LogP contribution in [0, 0.1) is 6.92 Å². The van der Waals surface area contributed by atoms with Crippen LogP contribution in [0.5, 0.6) is 0 Å². The fourth-order valence-corrected chi connectivity index (χ4v) is 2.63. The van der Waals surface area contributed by atoms with Gasteiger partial charge in [-0.15, -0.1) is 0 Å². The zero-order valence-electron chi connectivity index (χ0n) is 13.1. The van der Waals surface area contributed by atoms with E-state index in [1.165, 1.54) is 0 Å². The van der Waals surface area contributed by atoms with Crippen LogP contribution in [0.25, 0.3) is 0 Å². The van der Waals surface area contributed by atoms with E-state index < -0.39 is 10.0 Å². The second-order valence-electron chi connectivity index (χ2n) is 5.34. The summed E-state index contributed by atoms with van der Waals surface area (Å²) in [4.78, 5) is 11.9. The van der Waals surface area contributed by atoms with Crippen LogP contribution < -0.4 is 4.72 Å². The highest BCUT2D eigenvalue weighted by Gasteiger charge is 2.07. The number of benzene rings is 2. The molecule has 0 aliphatic rings. The van der Waals surface area contributed by atoms with Crippen LogP contribution in [-0.4, -0.2) is 20.6 Å². The smallest absolute Gasteiger partial charge is 0.310 e. The van der Waals surface area contributed by atoms with Gasteiger partial charge in [0.15, 0.2) is 0 Å². The lowest BCUT2D eigenvalue weighted by molar-refractivity contribution is -0.144. The number of carbonyl (C=O) groups is 1. The van der Waals surface area contributed by atoms with Gasteiger partial charge in [0.05, 0.1) is 12.7 Å². The molecule has 5 nitrogen and oxygen atoms in total. The third-order valence-corrected chi connectivity index (χ3v) is 3.86. The van der Waals surface area contributed by atoms with Gasteiger partial charge in [0.1, 0.15) is 6.61 Å². The van der Waals surface area contributed by atoms with Crippen LogP contribution in [0.3, 0.4) is 0 Å². The first kappa shape index (κ1) is 17.0. The maximum absolute atomic E-state index is 11.9. The molecule has 1 N–H and O–H groups in total. The second-order valence-corrected chi connectivity index (χ2v) is 7.08. The molecule has 122 valence electrons. The summed E-state index contributed by atoms with van der Waals surface area (Å²) < 4.78 is 29.9. The first-order chi connectivity index (χ1) is 10.8. The summed E-state index contributed by atoms with van der Waals surface area (Å²) in [6, 6.07) is 14.4. The Morgan fingerprint density at radius 1 is 1.09 bits per heavy atom. The largest absolute Gasteiger partial charge is 0.461 e. The molecule has 0 aliphatic carbocycles. The van der Waals surface area contributed by atoms with Crippen molar-refractivity contribution in [3.05, 3.63) is 65.2 Å². The number of esters is 1. The van der Waals surface area contributed by atoms with Gasteiger partial charge in [-0.3, -0.25) is 9.52 Å². The van der Waals surface area contributed by atoms with E-state index in [0.29, 0.717) is 5.69 Å². The molecule has 0 unspecified atom stereocenters. The third kappa shape index (κ3) is 5.75. The van der Waals surface area contributed by atoms with E-state index in [2.05, 4.69) is 4.72 Å². The number of rotatable bonds is 6. The Kier molecular flexibility index (Phi) is 5.39. The summed E-state index contributed by atoms with van der Waals surface area (Å²) in [5.74, 6) is -0.294. The molecule has 0 bridgehead atoms. The highest BCUT2D eigenvalue weighted by atomic mass is 32.2. The standard InChI is InChI=1S/C17H19NO4S/c1-13-5-3-4-6-15(13)11-17(19)22-12-14-7-9-16(10-8-14)18-23(2,20)21/h3-10,18H,11-12H2,1-2H3. The van der Waals surface area contributed by atoms with Crippen LogP contribution >= 0.6 is 0 Å². The van der Waals surface area contributed by atoms with Crippen molar-refractivity contribution >= 4 is 21.7 Å². The minimum atomic E-state index is -3.29. The topological polar surface area (TPSA) is 72.5 Å². The molecule has 23 heavy (non-hydrogen) atoms. The van der Waals surface area contributed by atoms with E-state index in [0.717, 1.165) is 22.9 Å². The number of hydrogen-bond donors (Lipinski definition) is 1. The van der Waals surface area contributed by atoms with Crippen LogP contribution in [0.1, 0.15) is 16.7 Å². The highest BCUT2D eigenvalue weighted by Crippen LogP contribution is 2.13. The molecule has 0 aliphatic heterocycles. The Morgan fingerprint density at radius 3 is 2.35 bits per heavy atom. The number of carbonyl (C=O) groups excluding carboxylic acids is 1. The van der Waals surface area contributed by atoms with Gasteiger partial charge in [0.25, 0.3) is 0 Å². The van der Waals surface area contributed by atoms with Gasteiger partial charge in [-0.2, -0.15) is 0 Å². The summed E-state index contributed by atoms with van der Waals surface area (Å²) in [5, 5.41) is 0. The second kappa shape index (κ2) is 7.28. The molecule has 2 aromatic rings. The molecule has 0 aromatic heterocycles. The van der Waals surface area contributed by atoms with Crippen molar-refractivity contribution in [3.8, 4) is 0 Å². The van der Waals surface area contributed by atoms with E-state index in [4.69, 9.17) is 4.74 Å². The van der Waals surface area contributed by atoms with Gasteiger partial charge in [0, 0.05) is 5.69 Å². The van der Waals surface area contributed by atoms with E-state index >= 15 is 0 Å². The van der Waals surface area contributed by atoms with E-state index in [-0.39, 0.29) is 19.0 Å². The summed E-state index contributed by atoms with van der Waals surface area (Å²) in [6.45, 7) is 2.11. The monoisotopic (exact) mass is 333 g/mol. The molecule has 0 heterocycles. The van der Waals surface area contributed by atoms with E-state index in [1.54, 1.807) is 24.3 Å². The summed E-state index contributed by atoms with van der Waals surface area (Å²) in [6.07, 6.45) is 1.33. The quantitative estimate of drug-likeness (QED) is 0.825. The minimum absolute atomic E-state index is 0.157. The normalized spacial score (nSPS) is 11.0. The summed E-state index contributed by atoms with van der Waals surface area (Å²) in [7, 11) is -3.29. The van der Waals surface area contributed by atoms with Gasteiger partial charge >= 0.3 is 5.97 Å². The lowest BCUT2D eigenvalue weighted by atomic mass is 10.1. The number of hydrogen-bond acceptors (Lipinski definition) is 4. The molecule has 0 fully saturated rings. The Bertz CT molecular complexity index is 782. The lowest BCUT2D eigenvalue weighted by Crippen LogP contribution is -2.10. The van der Waals surface area contributed by atoms with Crippen molar-refractivity contribution in [3.63, 3.8) is 0 Å². The zero-order chi connectivity index (χ0) is 16.9. The van der Waals surface area contributed by atoms with Crippen molar-refractivity contribution in [1.82, 2.24) is 0 Å². The predicted octanol–water partition coefficient (Wildman–Crippen LogP) is 2.65. The van der Waals surface area contributed by atoms with Crippen LogP contribution in [-0.2, 0) is 32.6 Å². The van der Waals surface area contributed by atoms with Gasteiger partial charge in [-0.1, -0.05) is 36.4 Å². The number of aryl methyl sites for hydroxylation is 1. The summed E-state index contributed by atoms with van der Waals surface area (Å²) in [5.41, 5.74) is 3.27. The van der Waals surface area contributed by atoms with Gasteiger partial charge in [-0.25, -0.2) is 8.42 Å². The van der Waals surface area contributed by atoms with Crippen LogP contribution in [0.2, 0.25) is 0 Å². The number of nitrogens with one attached hydrogen (secondary N) is 1. The Hall–Kier alpha value is -2.34. The Labute approximate surface area is 136 Å². The number of anilines is 1. The zero-order valence-corrected chi connectivity index (χ0v) is 13.9. The van der Waals surface area contributed by atoms with Crippen molar-refractivity contribution in [1.29, 1.82) is 0 Å². The van der Waals surface area contributed by atoms with E-state index in [1.807, 2.05) is 31.2 Å². The molecular formula is C17H19NO4S. The lowest BCUT2D eigenvalue weighted by Gasteiger charge is -2.08.